The molecule has 4 rings (SSSR count). The summed E-state index contributed by atoms with van der Waals surface area (Å²) < 4.78 is 5.97. The zero-order valence-corrected chi connectivity index (χ0v) is 21.9. The third kappa shape index (κ3) is 6.59. The van der Waals surface area contributed by atoms with Crippen molar-refractivity contribution in [1.82, 2.24) is 10.1 Å². The van der Waals surface area contributed by atoms with Gasteiger partial charge in [0.15, 0.2) is 0 Å². The first-order chi connectivity index (χ1) is 16.5. The van der Waals surface area contributed by atoms with Crippen LogP contribution in [0, 0.1) is 25.2 Å². The lowest BCUT2D eigenvalue weighted by Crippen LogP contribution is -2.26. The monoisotopic (exact) mass is 480 g/mol. The Bertz CT molecular complexity index is 1070. The molecule has 2 heterocycles. The third-order valence-electron chi connectivity index (χ3n) is 7.63. The van der Waals surface area contributed by atoms with Crippen molar-refractivity contribution in [3.63, 3.8) is 0 Å². The van der Waals surface area contributed by atoms with Crippen LogP contribution in [0.5, 0.6) is 0 Å². The van der Waals surface area contributed by atoms with Gasteiger partial charge in [-0.3, -0.25) is 14.6 Å². The van der Waals surface area contributed by atoms with Gasteiger partial charge in [0.2, 0.25) is 0 Å². The Morgan fingerprint density at radius 3 is 2.46 bits per heavy atom. The van der Waals surface area contributed by atoms with Crippen molar-refractivity contribution < 1.29 is 19.2 Å². The zero-order chi connectivity index (χ0) is 25.3. The summed E-state index contributed by atoms with van der Waals surface area (Å²) >= 11 is 0. The first-order valence-corrected chi connectivity index (χ1v) is 13.2. The second-order valence-corrected chi connectivity index (χ2v) is 12.2. The normalized spacial score (nSPS) is 20.9. The molecule has 2 saturated carbocycles. The number of hydrogen-bond donors (Lipinski definition) is 1. The van der Waals surface area contributed by atoms with Crippen LogP contribution in [0.15, 0.2) is 16.7 Å². The fraction of sp³-hybridized carbons (Fsp3) is 0.655. The van der Waals surface area contributed by atoms with Gasteiger partial charge in [-0.1, -0.05) is 32.0 Å². The number of carboxylic acids is 1. The van der Waals surface area contributed by atoms with E-state index in [0.29, 0.717) is 23.7 Å². The Kier molecular flexibility index (Phi) is 7.48. The Labute approximate surface area is 208 Å². The minimum atomic E-state index is -0.848. The highest BCUT2D eigenvalue weighted by atomic mass is 16.5. The average molecular weight is 481 g/mol. The molecule has 2 aromatic rings. The van der Waals surface area contributed by atoms with Crippen molar-refractivity contribution in [2.24, 2.45) is 11.3 Å². The van der Waals surface area contributed by atoms with E-state index in [1.807, 2.05) is 26.0 Å². The molecular formula is C29H40N2O4. The molecule has 0 amide bonds. The van der Waals surface area contributed by atoms with Crippen molar-refractivity contribution in [3.05, 3.63) is 46.1 Å². The van der Waals surface area contributed by atoms with Gasteiger partial charge in [-0.2, -0.15) is 0 Å². The van der Waals surface area contributed by atoms with Crippen LogP contribution in [-0.4, -0.2) is 27.0 Å². The maximum Gasteiger partial charge on any atom is 0.303 e. The van der Waals surface area contributed by atoms with Gasteiger partial charge in [0.1, 0.15) is 11.5 Å². The summed E-state index contributed by atoms with van der Waals surface area (Å²) in [6.45, 7) is 10.8. The summed E-state index contributed by atoms with van der Waals surface area (Å²) in [6.07, 6.45) is 6.64. The van der Waals surface area contributed by atoms with Crippen LogP contribution in [-0.2, 0) is 16.0 Å². The summed E-state index contributed by atoms with van der Waals surface area (Å²) in [5.74, 6) is 1.55. The number of hydrogen-bond acceptors (Lipinski definition) is 5. The lowest BCUT2D eigenvalue weighted by molar-refractivity contribution is -0.137. The number of aryl methyl sites for hydroxylation is 2. The predicted octanol–water partition coefficient (Wildman–Crippen LogP) is 6.64. The van der Waals surface area contributed by atoms with E-state index < -0.39 is 5.97 Å². The molecule has 2 aliphatic rings. The number of pyridine rings is 1. The van der Waals surface area contributed by atoms with Crippen molar-refractivity contribution in [3.8, 4) is 0 Å². The van der Waals surface area contributed by atoms with Crippen LogP contribution in [0.2, 0.25) is 0 Å². The summed E-state index contributed by atoms with van der Waals surface area (Å²) in [4.78, 5) is 29.0. The highest BCUT2D eigenvalue weighted by Crippen LogP contribution is 2.53. The summed E-state index contributed by atoms with van der Waals surface area (Å²) in [7, 11) is 0. The lowest BCUT2D eigenvalue weighted by Gasteiger charge is -2.38. The first-order valence-electron chi connectivity index (χ1n) is 13.2. The molecule has 0 radical (unpaired) electrons. The van der Waals surface area contributed by atoms with Crippen molar-refractivity contribution in [1.29, 1.82) is 0 Å². The molecule has 0 spiro atoms. The number of Topliss-reactive ketones (excluding diaryl/α,β-unsaturated/α-hetero) is 1. The highest BCUT2D eigenvalue weighted by molar-refractivity contribution is 5.81. The van der Waals surface area contributed by atoms with E-state index in [1.54, 1.807) is 0 Å². The van der Waals surface area contributed by atoms with E-state index in [4.69, 9.17) is 4.52 Å². The molecule has 35 heavy (non-hydrogen) atoms. The lowest BCUT2D eigenvalue weighted by atomic mass is 9.66. The third-order valence-corrected chi connectivity index (χ3v) is 7.63. The van der Waals surface area contributed by atoms with Gasteiger partial charge in [0.25, 0.3) is 0 Å². The molecule has 6 heteroatoms. The Morgan fingerprint density at radius 2 is 1.86 bits per heavy atom. The largest absolute Gasteiger partial charge is 0.481 e. The van der Waals surface area contributed by atoms with Crippen molar-refractivity contribution >= 4 is 11.8 Å². The Balaban J connectivity index is 1.51. The van der Waals surface area contributed by atoms with Crippen LogP contribution in [0.4, 0.5) is 0 Å². The van der Waals surface area contributed by atoms with Gasteiger partial charge in [0, 0.05) is 48.0 Å². The van der Waals surface area contributed by atoms with Crippen LogP contribution in [0.25, 0.3) is 0 Å². The summed E-state index contributed by atoms with van der Waals surface area (Å²) in [6, 6.07) is 3.90. The highest BCUT2D eigenvalue weighted by Gasteiger charge is 2.42. The average Bonchev–Trinajstić information content (AvgIpc) is 3.48. The van der Waals surface area contributed by atoms with Crippen molar-refractivity contribution in [2.45, 2.75) is 110 Å². The van der Waals surface area contributed by atoms with Gasteiger partial charge in [-0.25, -0.2) is 0 Å². The predicted molar refractivity (Wildman–Crippen MR) is 135 cm³/mol. The van der Waals surface area contributed by atoms with Gasteiger partial charge < -0.3 is 9.63 Å². The van der Waals surface area contributed by atoms with E-state index in [0.717, 1.165) is 60.0 Å². The Hall–Kier alpha value is -2.50. The van der Waals surface area contributed by atoms with E-state index in [-0.39, 0.29) is 31.0 Å². The topological polar surface area (TPSA) is 93.3 Å². The summed E-state index contributed by atoms with van der Waals surface area (Å²) in [5.41, 5.74) is 5.15. The quantitative estimate of drug-likeness (QED) is 0.387. The molecule has 2 fully saturated rings. The molecule has 0 unspecified atom stereocenters. The SMILES string of the molecule is Cc1ccc(CC(=O)C[C@H](CCC(=O)O)c2noc(C3CC(CC(C)(C)C)C3)c2C2CC2)nc1C. The van der Waals surface area contributed by atoms with Crippen molar-refractivity contribution in [2.75, 3.05) is 0 Å². The number of carbonyl (C=O) groups excluding carboxylic acids is 1. The van der Waals surface area contributed by atoms with Gasteiger partial charge in [-0.15, -0.1) is 0 Å². The number of aromatic nitrogens is 2. The van der Waals surface area contributed by atoms with Gasteiger partial charge in [0.05, 0.1) is 5.69 Å². The smallest absolute Gasteiger partial charge is 0.303 e. The van der Waals surface area contributed by atoms with Crippen LogP contribution in [0.1, 0.15) is 124 Å². The first kappa shape index (κ1) is 25.6. The Morgan fingerprint density at radius 1 is 1.14 bits per heavy atom. The standard InChI is InChI=1S/C29H40N2O4/c1-17-6-10-23(30-18(17)2)15-24(32)14-21(9-11-25(33)34)27-26(20-7-8-20)28(35-31-27)22-12-19(13-22)16-29(3,4)5/h6,10,19-22H,7-9,11-16H2,1-5H3,(H,33,34)/t19?,21-,22?/m0/s1. The number of ketones is 1. The van der Waals surface area contributed by atoms with E-state index in [2.05, 4.69) is 30.9 Å². The van der Waals surface area contributed by atoms with E-state index in [9.17, 15) is 14.7 Å². The minimum absolute atomic E-state index is 0.0171. The molecular weight excluding hydrogens is 440 g/mol. The molecule has 190 valence electrons. The number of carboxylic acid groups (broad SMARTS) is 1. The number of nitrogens with zero attached hydrogens (tertiary/aromatic N) is 2. The molecule has 1 N–H and O–H groups in total. The second kappa shape index (κ2) is 10.2. The molecule has 2 aliphatic carbocycles. The molecule has 0 aromatic carbocycles. The number of carbonyl (C=O) groups is 2. The molecule has 6 nitrogen and oxygen atoms in total. The molecule has 0 saturated heterocycles. The minimum Gasteiger partial charge on any atom is -0.481 e. The second-order valence-electron chi connectivity index (χ2n) is 12.2. The maximum atomic E-state index is 13.1. The fourth-order valence-electron chi connectivity index (χ4n) is 5.64. The fourth-order valence-corrected chi connectivity index (χ4v) is 5.64. The maximum absolute atomic E-state index is 13.1. The van der Waals surface area contributed by atoms with Gasteiger partial charge >= 0.3 is 5.97 Å². The molecule has 0 bridgehead atoms. The van der Waals surface area contributed by atoms with Crippen LogP contribution < -0.4 is 0 Å². The van der Waals surface area contributed by atoms with Crippen LogP contribution in [0.3, 0.4) is 0 Å². The molecule has 0 aliphatic heterocycles. The number of aliphatic carboxylic acids is 1. The van der Waals surface area contributed by atoms with Crippen LogP contribution >= 0.6 is 0 Å². The van der Waals surface area contributed by atoms with E-state index in [1.165, 1.54) is 12.0 Å². The summed E-state index contributed by atoms with van der Waals surface area (Å²) in [5, 5.41) is 13.9. The number of rotatable bonds is 11. The van der Waals surface area contributed by atoms with Gasteiger partial charge in [-0.05, 0) is 81.3 Å². The zero-order valence-electron chi connectivity index (χ0n) is 21.9. The van der Waals surface area contributed by atoms with E-state index >= 15 is 0 Å². The molecule has 2 aromatic heterocycles. The molecule has 1 atom stereocenters.